The number of hydrazone groups is 1. The molecule has 10 nitrogen and oxygen atoms in total. The monoisotopic (exact) mass is 626 g/mol. The van der Waals surface area contributed by atoms with Gasteiger partial charge in [-0.25, -0.2) is 9.79 Å². The summed E-state index contributed by atoms with van der Waals surface area (Å²) in [4.78, 5) is 28.8. The summed E-state index contributed by atoms with van der Waals surface area (Å²) >= 11 is 0. The van der Waals surface area contributed by atoms with Crippen LogP contribution in [0.3, 0.4) is 0 Å². The number of methoxy groups -OCH3 is 1. The number of hydrogen-bond acceptors (Lipinski definition) is 9. The molecule has 1 atom stereocenters. The van der Waals surface area contributed by atoms with Gasteiger partial charge in [-0.2, -0.15) is 0 Å². The number of nitrogens with zero attached hydrogens (tertiary/aromatic N) is 4. The molecule has 0 amide bonds. The van der Waals surface area contributed by atoms with Crippen molar-refractivity contribution in [2.75, 3.05) is 7.11 Å². The number of rotatable bonds is 10. The number of ether oxygens (including phenoxy) is 3. The highest BCUT2D eigenvalue weighted by Gasteiger charge is 2.34. The molecule has 234 valence electrons. The molecule has 0 radical (unpaired) electrons. The van der Waals surface area contributed by atoms with Crippen molar-refractivity contribution in [2.45, 2.75) is 19.1 Å². The van der Waals surface area contributed by atoms with E-state index >= 15 is 0 Å². The average Bonchev–Trinajstić information content (AvgIpc) is 3.12. The summed E-state index contributed by atoms with van der Waals surface area (Å²) in [6, 6.07) is 38.6. The van der Waals surface area contributed by atoms with Crippen molar-refractivity contribution in [3.8, 4) is 11.5 Å². The predicted octanol–water partition coefficient (Wildman–Crippen LogP) is 7.36. The van der Waals surface area contributed by atoms with Crippen molar-refractivity contribution in [2.24, 2.45) is 10.1 Å². The molecular formula is C37H30N4O6. The summed E-state index contributed by atoms with van der Waals surface area (Å²) in [5.41, 5.74) is 3.35. The van der Waals surface area contributed by atoms with Gasteiger partial charge in [0.25, 0.3) is 5.69 Å². The van der Waals surface area contributed by atoms with Crippen molar-refractivity contribution in [3.63, 3.8) is 0 Å². The molecule has 0 saturated heterocycles. The molecule has 0 fully saturated rings. The lowest BCUT2D eigenvalue weighted by Crippen LogP contribution is -2.38. The summed E-state index contributed by atoms with van der Waals surface area (Å²) in [6.07, 6.45) is 0. The fourth-order valence-corrected chi connectivity index (χ4v) is 5.15. The molecule has 0 bridgehead atoms. The van der Waals surface area contributed by atoms with Crippen LogP contribution >= 0.6 is 0 Å². The first-order valence-electron chi connectivity index (χ1n) is 14.8. The van der Waals surface area contributed by atoms with Gasteiger partial charge in [-0.3, -0.25) is 15.1 Å². The van der Waals surface area contributed by atoms with Gasteiger partial charge in [0, 0.05) is 28.8 Å². The van der Waals surface area contributed by atoms with Gasteiger partial charge in [0.1, 0.15) is 17.5 Å². The first-order chi connectivity index (χ1) is 23.0. The molecule has 0 unspecified atom stereocenters. The minimum atomic E-state index is -0.660. The van der Waals surface area contributed by atoms with Crippen molar-refractivity contribution in [1.82, 2.24) is 5.01 Å². The minimum Gasteiger partial charge on any atom is -0.496 e. The van der Waals surface area contributed by atoms with Crippen LogP contribution in [0.2, 0.25) is 0 Å². The second kappa shape index (κ2) is 14.2. The Bertz CT molecular complexity index is 1930. The number of carbonyl (C=O) groups is 1. The van der Waals surface area contributed by atoms with E-state index in [1.807, 2.05) is 77.8 Å². The predicted molar refractivity (Wildman–Crippen MR) is 177 cm³/mol. The van der Waals surface area contributed by atoms with E-state index in [1.165, 1.54) is 12.1 Å². The average molecular weight is 627 g/mol. The van der Waals surface area contributed by atoms with Gasteiger partial charge in [-0.05, 0) is 54.1 Å². The van der Waals surface area contributed by atoms with E-state index in [0.29, 0.717) is 46.5 Å². The Kier molecular flexibility index (Phi) is 9.29. The molecule has 0 spiro atoms. The van der Waals surface area contributed by atoms with Crippen LogP contribution in [0.4, 0.5) is 5.69 Å². The molecule has 1 aliphatic rings. The number of non-ortho nitro benzene ring substituents is 1. The van der Waals surface area contributed by atoms with Gasteiger partial charge in [0.15, 0.2) is 0 Å². The van der Waals surface area contributed by atoms with E-state index in [1.54, 1.807) is 55.6 Å². The quantitative estimate of drug-likeness (QED) is 0.0688. The summed E-state index contributed by atoms with van der Waals surface area (Å²) in [5.74, 6) is 1.22. The van der Waals surface area contributed by atoms with Crippen LogP contribution in [0.15, 0.2) is 144 Å². The van der Waals surface area contributed by atoms with Gasteiger partial charge < -0.3 is 14.2 Å². The van der Waals surface area contributed by atoms with Gasteiger partial charge >= 0.3 is 5.97 Å². The number of benzene rings is 5. The highest BCUT2D eigenvalue weighted by Crippen LogP contribution is 2.33. The largest absolute Gasteiger partial charge is 0.496 e. The summed E-state index contributed by atoms with van der Waals surface area (Å²) < 4.78 is 17.9. The number of carbonyl (C=O) groups excluding carboxylic acids is 1. The van der Waals surface area contributed by atoms with E-state index in [2.05, 4.69) is 0 Å². The maximum absolute atomic E-state index is 12.9. The lowest BCUT2D eigenvalue weighted by molar-refractivity contribution is -0.384. The molecule has 10 heteroatoms. The van der Waals surface area contributed by atoms with Gasteiger partial charge in [-0.15, -0.1) is 5.10 Å². The third kappa shape index (κ3) is 7.18. The topological polar surface area (TPSA) is 116 Å². The van der Waals surface area contributed by atoms with E-state index in [4.69, 9.17) is 24.3 Å². The Morgan fingerprint density at radius 1 is 0.830 bits per heavy atom. The third-order valence-electron chi connectivity index (χ3n) is 7.51. The van der Waals surface area contributed by atoms with Crippen molar-refractivity contribution in [3.05, 3.63) is 171 Å². The smallest absolute Gasteiger partial charge is 0.343 e. The zero-order valence-corrected chi connectivity index (χ0v) is 25.4. The third-order valence-corrected chi connectivity index (χ3v) is 7.51. The summed E-state index contributed by atoms with van der Waals surface area (Å²) in [6.45, 7) is 0.428. The molecule has 0 aromatic heterocycles. The molecule has 6 rings (SSSR count). The number of aliphatic imine (C=N–C) groups is 1. The van der Waals surface area contributed by atoms with E-state index in [9.17, 15) is 14.9 Å². The number of esters is 1. The highest BCUT2D eigenvalue weighted by molar-refractivity contribution is 6.04. The van der Waals surface area contributed by atoms with Crippen molar-refractivity contribution < 1.29 is 23.9 Å². The fourth-order valence-electron chi connectivity index (χ4n) is 5.15. The van der Waals surface area contributed by atoms with Crippen molar-refractivity contribution in [1.29, 1.82) is 0 Å². The Morgan fingerprint density at radius 3 is 2.13 bits per heavy atom. The van der Waals surface area contributed by atoms with Gasteiger partial charge in [0.2, 0.25) is 11.8 Å². The molecular weight excluding hydrogens is 596 g/mol. The van der Waals surface area contributed by atoms with Crippen LogP contribution in [0.1, 0.15) is 38.7 Å². The van der Waals surface area contributed by atoms with Gasteiger partial charge in [-0.1, -0.05) is 72.8 Å². The second-order valence-electron chi connectivity index (χ2n) is 10.6. The Hall–Kier alpha value is -6.29. The van der Waals surface area contributed by atoms with Crippen LogP contribution in [0.25, 0.3) is 0 Å². The minimum absolute atomic E-state index is 0.0390. The number of nitro groups is 1. The lowest BCUT2D eigenvalue weighted by atomic mass is 10.0. The van der Waals surface area contributed by atoms with Crippen LogP contribution < -0.4 is 9.47 Å². The first-order valence-corrected chi connectivity index (χ1v) is 14.8. The molecule has 1 heterocycles. The standard InChI is InChI=1S/C37H30N4O6/c1-45-32-18-10-9-17-30(32)25-40-34(26-20-22-31(23-21-26)41(43)44)36(47-35(39-40)27-12-4-2-5-13-27)38-24-29-16-8-11-19-33(29)46-37(42)28-14-6-3-7-15-28/h2-23,34H,24-25H2,1H3/t34-/m1/s1. The molecule has 0 aliphatic carbocycles. The first kappa shape index (κ1) is 30.7. The van der Waals surface area contributed by atoms with Crippen LogP contribution in [0.5, 0.6) is 11.5 Å². The van der Waals surface area contributed by atoms with E-state index < -0.39 is 16.9 Å². The Labute approximate surface area is 271 Å². The Balaban J connectivity index is 1.42. The Morgan fingerprint density at radius 2 is 1.45 bits per heavy atom. The zero-order chi connectivity index (χ0) is 32.6. The maximum Gasteiger partial charge on any atom is 0.343 e. The maximum atomic E-state index is 12.9. The van der Waals surface area contributed by atoms with Gasteiger partial charge in [0.05, 0.1) is 30.7 Å². The van der Waals surface area contributed by atoms with E-state index in [0.717, 1.165) is 11.1 Å². The number of para-hydroxylation sites is 2. The fraction of sp³-hybridized carbons (Fsp3) is 0.108. The number of nitro benzene ring substituents is 1. The van der Waals surface area contributed by atoms with Crippen LogP contribution in [0, 0.1) is 10.1 Å². The van der Waals surface area contributed by atoms with E-state index in [-0.39, 0.29) is 12.2 Å². The van der Waals surface area contributed by atoms with Crippen LogP contribution in [-0.2, 0) is 17.8 Å². The zero-order valence-electron chi connectivity index (χ0n) is 25.4. The molecule has 0 N–H and O–H groups in total. The van der Waals surface area contributed by atoms with Crippen LogP contribution in [-0.4, -0.2) is 34.8 Å². The summed E-state index contributed by atoms with van der Waals surface area (Å²) in [5, 5.41) is 18.2. The molecule has 0 saturated carbocycles. The normalized spacial score (nSPS) is 15.0. The summed E-state index contributed by atoms with van der Waals surface area (Å²) in [7, 11) is 1.61. The highest BCUT2D eigenvalue weighted by atomic mass is 16.6. The lowest BCUT2D eigenvalue weighted by Gasteiger charge is -2.35. The molecule has 5 aromatic carbocycles. The SMILES string of the molecule is COc1ccccc1CN1N=C(c2ccccc2)OC(=NCc2ccccc2OC(=O)c2ccccc2)[C@H]1c1ccc([N+](=O)[O-])cc1. The van der Waals surface area contributed by atoms with Crippen molar-refractivity contribution >= 4 is 23.5 Å². The number of hydrogen-bond donors (Lipinski definition) is 0. The molecule has 5 aromatic rings. The molecule has 47 heavy (non-hydrogen) atoms. The molecule has 1 aliphatic heterocycles. The second-order valence-corrected chi connectivity index (χ2v) is 10.6.